The van der Waals surface area contributed by atoms with Crippen LogP contribution in [0.1, 0.15) is 0 Å². The molecule has 4 rings (SSSR count). The number of hydrogen-bond acceptors (Lipinski definition) is 6. The van der Waals surface area contributed by atoms with E-state index in [4.69, 9.17) is 9.15 Å². The Morgan fingerprint density at radius 3 is 2.33 bits per heavy atom. The molecule has 1 aliphatic heterocycles. The van der Waals surface area contributed by atoms with Gasteiger partial charge in [0.05, 0.1) is 23.7 Å². The number of hydrogen-bond donors (Lipinski definition) is 0. The Balaban J connectivity index is 1.88. The molecular weight excluding hydrogens is 432 g/mol. The number of rotatable bonds is 4. The summed E-state index contributed by atoms with van der Waals surface area (Å²) in [7, 11) is -3.82. The summed E-state index contributed by atoms with van der Waals surface area (Å²) >= 11 is 3.48. The van der Waals surface area contributed by atoms with Crippen molar-refractivity contribution in [3.63, 3.8) is 0 Å². The molecule has 6 nitrogen and oxygen atoms in total. The Labute approximate surface area is 165 Å². The van der Waals surface area contributed by atoms with Crippen molar-refractivity contribution in [2.45, 2.75) is 9.92 Å². The molecule has 2 heterocycles. The smallest absolute Gasteiger partial charge is 0.236 e. The number of morpholine rings is 1. The number of ether oxygens (including phenoxy) is 1. The van der Waals surface area contributed by atoms with Crippen LogP contribution in [0.25, 0.3) is 11.5 Å². The maximum Gasteiger partial charge on any atom is 0.236 e. The van der Waals surface area contributed by atoms with E-state index in [1.54, 1.807) is 30.3 Å². The minimum absolute atomic E-state index is 0.0682. The van der Waals surface area contributed by atoms with Crippen molar-refractivity contribution in [2.75, 3.05) is 31.2 Å². The van der Waals surface area contributed by atoms with Crippen LogP contribution in [0.3, 0.4) is 0 Å². The Kier molecular flexibility index (Phi) is 5.03. The zero-order valence-electron chi connectivity index (χ0n) is 14.3. The molecule has 0 N–H and O–H groups in total. The summed E-state index contributed by atoms with van der Waals surface area (Å²) in [5.41, 5.74) is 0.696. The van der Waals surface area contributed by atoms with E-state index in [1.165, 1.54) is 0 Å². The van der Waals surface area contributed by atoms with E-state index in [9.17, 15) is 8.42 Å². The van der Waals surface area contributed by atoms with Gasteiger partial charge in [-0.25, -0.2) is 8.42 Å². The summed E-state index contributed by atoms with van der Waals surface area (Å²) in [5, 5.41) is -0.0682. The molecule has 27 heavy (non-hydrogen) atoms. The minimum atomic E-state index is -3.82. The number of halogens is 1. The van der Waals surface area contributed by atoms with Gasteiger partial charge in [-0.3, -0.25) is 0 Å². The van der Waals surface area contributed by atoms with Gasteiger partial charge in [-0.1, -0.05) is 30.3 Å². The van der Waals surface area contributed by atoms with Gasteiger partial charge in [0.1, 0.15) is 0 Å². The van der Waals surface area contributed by atoms with E-state index in [-0.39, 0.29) is 21.7 Å². The molecule has 0 radical (unpaired) electrons. The molecule has 1 aromatic heterocycles. The van der Waals surface area contributed by atoms with Crippen LogP contribution in [0.15, 0.2) is 73.4 Å². The second-order valence-electron chi connectivity index (χ2n) is 6.03. The first-order chi connectivity index (χ1) is 13.1. The predicted octanol–water partition coefficient (Wildman–Crippen LogP) is 3.77. The first kappa shape index (κ1) is 18.2. The number of sulfone groups is 1. The summed E-state index contributed by atoms with van der Waals surface area (Å²) in [6, 6.07) is 15.7. The third-order valence-electron chi connectivity index (χ3n) is 4.29. The first-order valence-corrected chi connectivity index (χ1v) is 10.7. The van der Waals surface area contributed by atoms with Crippen LogP contribution in [0, 0.1) is 0 Å². The van der Waals surface area contributed by atoms with Crippen molar-refractivity contribution in [2.24, 2.45) is 0 Å². The maximum atomic E-state index is 13.2. The molecule has 1 aliphatic rings. The largest absolute Gasteiger partial charge is 0.419 e. The van der Waals surface area contributed by atoms with Gasteiger partial charge in [0.2, 0.25) is 26.6 Å². The summed E-state index contributed by atoms with van der Waals surface area (Å²) in [4.78, 5) is 6.45. The fourth-order valence-electron chi connectivity index (χ4n) is 2.90. The van der Waals surface area contributed by atoms with Crippen molar-refractivity contribution in [3.05, 3.63) is 59.1 Å². The van der Waals surface area contributed by atoms with Gasteiger partial charge >= 0.3 is 0 Å². The highest BCUT2D eigenvalue weighted by Crippen LogP contribution is 2.37. The Morgan fingerprint density at radius 1 is 0.963 bits per heavy atom. The molecule has 0 unspecified atom stereocenters. The summed E-state index contributed by atoms with van der Waals surface area (Å²) < 4.78 is 38.6. The highest BCUT2D eigenvalue weighted by molar-refractivity contribution is 9.10. The van der Waals surface area contributed by atoms with Crippen molar-refractivity contribution in [1.29, 1.82) is 0 Å². The average Bonchev–Trinajstić information content (AvgIpc) is 3.16. The SMILES string of the molecule is O=S(=O)(c1ccccc1)c1nc(-c2ccccc2Br)oc1N1CCOCC1. The Morgan fingerprint density at radius 2 is 1.63 bits per heavy atom. The fourth-order valence-corrected chi connectivity index (χ4v) is 4.70. The maximum absolute atomic E-state index is 13.2. The number of oxazole rings is 1. The lowest BCUT2D eigenvalue weighted by atomic mass is 10.2. The third kappa shape index (κ3) is 3.52. The first-order valence-electron chi connectivity index (χ1n) is 8.46. The predicted molar refractivity (Wildman–Crippen MR) is 105 cm³/mol. The zero-order chi connectivity index (χ0) is 18.9. The second kappa shape index (κ2) is 7.46. The van der Waals surface area contributed by atoms with Crippen molar-refractivity contribution in [3.8, 4) is 11.5 Å². The van der Waals surface area contributed by atoms with E-state index < -0.39 is 9.84 Å². The van der Waals surface area contributed by atoms with Gasteiger partial charge in [-0.15, -0.1) is 0 Å². The quantitative estimate of drug-likeness (QED) is 0.604. The molecule has 0 spiro atoms. The van der Waals surface area contributed by atoms with E-state index >= 15 is 0 Å². The lowest BCUT2D eigenvalue weighted by Crippen LogP contribution is -2.36. The Hall–Kier alpha value is -2.16. The lowest BCUT2D eigenvalue weighted by molar-refractivity contribution is 0.120. The van der Waals surface area contributed by atoms with Gasteiger partial charge in [-0.2, -0.15) is 4.98 Å². The van der Waals surface area contributed by atoms with Crippen LogP contribution in [0.2, 0.25) is 0 Å². The monoisotopic (exact) mass is 448 g/mol. The van der Waals surface area contributed by atoms with Crippen LogP contribution in [0.5, 0.6) is 0 Å². The van der Waals surface area contributed by atoms with E-state index in [0.717, 1.165) is 4.47 Å². The highest BCUT2D eigenvalue weighted by Gasteiger charge is 2.32. The second-order valence-corrected chi connectivity index (χ2v) is 8.74. The molecule has 0 amide bonds. The lowest BCUT2D eigenvalue weighted by Gasteiger charge is -2.26. The van der Waals surface area contributed by atoms with Gasteiger partial charge < -0.3 is 14.1 Å². The third-order valence-corrected chi connectivity index (χ3v) is 6.65. The summed E-state index contributed by atoms with van der Waals surface area (Å²) in [6.07, 6.45) is 0. The molecular formula is C19H17BrN2O4S. The van der Waals surface area contributed by atoms with Gasteiger partial charge in [0, 0.05) is 17.6 Å². The molecule has 2 aromatic carbocycles. The molecule has 0 aliphatic carbocycles. The molecule has 0 saturated carbocycles. The Bertz CT molecular complexity index is 1040. The summed E-state index contributed by atoms with van der Waals surface area (Å²) in [6.45, 7) is 2.11. The number of benzene rings is 2. The average molecular weight is 449 g/mol. The number of aromatic nitrogens is 1. The molecule has 140 valence electrons. The van der Waals surface area contributed by atoms with Crippen LogP contribution < -0.4 is 4.90 Å². The number of anilines is 1. The van der Waals surface area contributed by atoms with E-state index in [0.29, 0.717) is 31.9 Å². The van der Waals surface area contributed by atoms with Crippen molar-refractivity contribution >= 4 is 31.7 Å². The van der Waals surface area contributed by atoms with Crippen LogP contribution in [-0.2, 0) is 14.6 Å². The topological polar surface area (TPSA) is 72.6 Å². The standard InChI is InChI=1S/C19H17BrN2O4S/c20-16-9-5-4-8-15(16)17-21-18(19(26-17)22-10-12-25-13-11-22)27(23,24)14-6-2-1-3-7-14/h1-9H,10-13H2. The molecule has 1 fully saturated rings. The van der Waals surface area contributed by atoms with Crippen molar-refractivity contribution in [1.82, 2.24) is 4.98 Å². The molecule has 3 aromatic rings. The van der Waals surface area contributed by atoms with Gasteiger partial charge in [-0.05, 0) is 40.2 Å². The van der Waals surface area contributed by atoms with Gasteiger partial charge in [0.25, 0.3) is 0 Å². The van der Waals surface area contributed by atoms with Gasteiger partial charge in [0.15, 0.2) is 0 Å². The minimum Gasteiger partial charge on any atom is -0.419 e. The van der Waals surface area contributed by atoms with Crippen LogP contribution >= 0.6 is 15.9 Å². The molecule has 0 bridgehead atoms. The highest BCUT2D eigenvalue weighted by atomic mass is 79.9. The van der Waals surface area contributed by atoms with E-state index in [1.807, 2.05) is 29.2 Å². The summed E-state index contributed by atoms with van der Waals surface area (Å²) in [5.74, 6) is 0.520. The van der Waals surface area contributed by atoms with Crippen molar-refractivity contribution < 1.29 is 17.6 Å². The number of nitrogens with zero attached hydrogens (tertiary/aromatic N) is 2. The molecule has 0 atom stereocenters. The normalized spacial score (nSPS) is 15.1. The van der Waals surface area contributed by atoms with Crippen LogP contribution in [0.4, 0.5) is 5.88 Å². The molecule has 8 heteroatoms. The van der Waals surface area contributed by atoms with E-state index in [2.05, 4.69) is 20.9 Å². The fraction of sp³-hybridized carbons (Fsp3) is 0.211. The zero-order valence-corrected chi connectivity index (χ0v) is 16.7. The molecule has 1 saturated heterocycles. The van der Waals surface area contributed by atoms with Crippen LogP contribution in [-0.4, -0.2) is 39.7 Å².